The highest BCUT2D eigenvalue weighted by Crippen LogP contribution is 2.21. The molecule has 1 heterocycles. The van der Waals surface area contributed by atoms with Crippen LogP contribution < -0.4 is 9.47 Å². The quantitative estimate of drug-likeness (QED) is 0.364. The minimum atomic E-state index is 0.441. The summed E-state index contributed by atoms with van der Waals surface area (Å²) in [7, 11) is 0. The fourth-order valence-electron chi connectivity index (χ4n) is 3.52. The third-order valence-electron chi connectivity index (χ3n) is 4.96. The van der Waals surface area contributed by atoms with Gasteiger partial charge in [0.1, 0.15) is 23.9 Å². The van der Waals surface area contributed by atoms with Crippen molar-refractivity contribution in [1.29, 1.82) is 0 Å². The van der Waals surface area contributed by atoms with Gasteiger partial charge in [0.2, 0.25) is 0 Å². The van der Waals surface area contributed by atoms with Crippen LogP contribution in [0, 0.1) is 13.8 Å². The van der Waals surface area contributed by atoms with Crippen LogP contribution in [0.3, 0.4) is 0 Å². The number of para-hydroxylation sites is 3. The van der Waals surface area contributed by atoms with Crippen LogP contribution in [-0.2, 0) is 13.2 Å². The standard InChI is InChI=1S/C25H26N2O2/c1-19-13-14-24(20(2)17-19)28-16-8-15-27-23-12-7-6-11-22(23)26-25(27)18-29-21-9-4-3-5-10-21/h3-7,9-14,17H,8,15-16,18H2,1-2H3. The maximum absolute atomic E-state index is 6.01. The van der Waals surface area contributed by atoms with Gasteiger partial charge >= 0.3 is 0 Å². The highest BCUT2D eigenvalue weighted by atomic mass is 16.5. The van der Waals surface area contributed by atoms with Gasteiger partial charge in [0.05, 0.1) is 17.6 Å². The Morgan fingerprint density at radius 2 is 1.66 bits per heavy atom. The summed E-state index contributed by atoms with van der Waals surface area (Å²) in [4.78, 5) is 4.79. The lowest BCUT2D eigenvalue weighted by Gasteiger charge is -2.12. The van der Waals surface area contributed by atoms with Crippen LogP contribution in [0.25, 0.3) is 11.0 Å². The zero-order valence-corrected chi connectivity index (χ0v) is 17.0. The van der Waals surface area contributed by atoms with Gasteiger partial charge in [-0.15, -0.1) is 0 Å². The van der Waals surface area contributed by atoms with E-state index in [4.69, 9.17) is 14.5 Å². The van der Waals surface area contributed by atoms with Crippen molar-refractivity contribution in [2.45, 2.75) is 33.4 Å². The Labute approximate surface area is 171 Å². The van der Waals surface area contributed by atoms with E-state index in [1.807, 2.05) is 42.5 Å². The van der Waals surface area contributed by atoms with Crippen LogP contribution >= 0.6 is 0 Å². The molecule has 148 valence electrons. The number of imidazole rings is 1. The van der Waals surface area contributed by atoms with Crippen molar-refractivity contribution in [2.24, 2.45) is 0 Å². The maximum Gasteiger partial charge on any atom is 0.147 e. The number of nitrogens with zero attached hydrogens (tertiary/aromatic N) is 2. The van der Waals surface area contributed by atoms with Gasteiger partial charge in [0.25, 0.3) is 0 Å². The van der Waals surface area contributed by atoms with Gasteiger partial charge in [-0.05, 0) is 56.2 Å². The molecule has 0 N–H and O–H groups in total. The molecule has 0 saturated heterocycles. The summed E-state index contributed by atoms with van der Waals surface area (Å²) in [5.74, 6) is 2.74. The molecule has 1 aromatic heterocycles. The van der Waals surface area contributed by atoms with Gasteiger partial charge in [0, 0.05) is 6.54 Å². The molecule has 0 aliphatic rings. The summed E-state index contributed by atoms with van der Waals surface area (Å²) in [6, 6.07) is 24.4. The summed E-state index contributed by atoms with van der Waals surface area (Å²) < 4.78 is 14.2. The molecule has 3 aromatic carbocycles. The molecular weight excluding hydrogens is 360 g/mol. The van der Waals surface area contributed by atoms with E-state index in [0.29, 0.717) is 13.2 Å². The van der Waals surface area contributed by atoms with Gasteiger partial charge in [-0.2, -0.15) is 0 Å². The van der Waals surface area contributed by atoms with E-state index >= 15 is 0 Å². The van der Waals surface area contributed by atoms with Crippen molar-refractivity contribution in [3.8, 4) is 11.5 Å². The van der Waals surface area contributed by atoms with E-state index in [1.165, 1.54) is 11.1 Å². The highest BCUT2D eigenvalue weighted by Gasteiger charge is 2.11. The Morgan fingerprint density at radius 1 is 0.862 bits per heavy atom. The van der Waals surface area contributed by atoms with Crippen molar-refractivity contribution in [3.63, 3.8) is 0 Å². The largest absolute Gasteiger partial charge is 0.493 e. The van der Waals surface area contributed by atoms with Crippen molar-refractivity contribution >= 4 is 11.0 Å². The SMILES string of the molecule is Cc1ccc(OCCCn2c(COc3ccccc3)nc3ccccc32)c(C)c1. The first-order valence-electron chi connectivity index (χ1n) is 10.0. The molecule has 0 saturated carbocycles. The summed E-state index contributed by atoms with van der Waals surface area (Å²) in [5, 5.41) is 0. The average molecular weight is 386 g/mol. The Hall–Kier alpha value is -3.27. The lowest BCUT2D eigenvalue weighted by molar-refractivity contribution is 0.280. The van der Waals surface area contributed by atoms with Gasteiger partial charge < -0.3 is 14.0 Å². The van der Waals surface area contributed by atoms with Gasteiger partial charge in [-0.1, -0.05) is 48.0 Å². The number of aromatic nitrogens is 2. The first-order chi connectivity index (χ1) is 14.2. The van der Waals surface area contributed by atoms with Crippen molar-refractivity contribution in [3.05, 3.63) is 89.7 Å². The molecule has 0 amide bonds. The number of fused-ring (bicyclic) bond motifs is 1. The van der Waals surface area contributed by atoms with E-state index in [9.17, 15) is 0 Å². The second-order valence-electron chi connectivity index (χ2n) is 7.24. The van der Waals surface area contributed by atoms with Crippen molar-refractivity contribution < 1.29 is 9.47 Å². The van der Waals surface area contributed by atoms with Gasteiger partial charge in [0.15, 0.2) is 0 Å². The molecule has 29 heavy (non-hydrogen) atoms. The Bertz CT molecular complexity index is 1090. The lowest BCUT2D eigenvalue weighted by Crippen LogP contribution is -2.10. The highest BCUT2D eigenvalue weighted by molar-refractivity contribution is 5.75. The monoisotopic (exact) mass is 386 g/mol. The average Bonchev–Trinajstić information content (AvgIpc) is 3.09. The predicted octanol–water partition coefficient (Wildman–Crippen LogP) is 5.70. The number of benzene rings is 3. The summed E-state index contributed by atoms with van der Waals surface area (Å²) in [6.45, 7) is 6.12. The van der Waals surface area contributed by atoms with E-state index in [-0.39, 0.29) is 0 Å². The Kier molecular flexibility index (Phi) is 5.80. The van der Waals surface area contributed by atoms with Crippen LogP contribution in [0.1, 0.15) is 23.4 Å². The molecule has 0 fully saturated rings. The summed E-state index contributed by atoms with van der Waals surface area (Å²) in [5.41, 5.74) is 4.55. The third-order valence-corrected chi connectivity index (χ3v) is 4.96. The molecule has 4 rings (SSSR count). The minimum absolute atomic E-state index is 0.441. The fraction of sp³-hybridized carbons (Fsp3) is 0.240. The van der Waals surface area contributed by atoms with Crippen LogP contribution in [0.15, 0.2) is 72.8 Å². The topological polar surface area (TPSA) is 36.3 Å². The number of hydrogen-bond donors (Lipinski definition) is 0. The Morgan fingerprint density at radius 3 is 2.48 bits per heavy atom. The van der Waals surface area contributed by atoms with Gasteiger partial charge in [-0.3, -0.25) is 0 Å². The summed E-state index contributed by atoms with van der Waals surface area (Å²) in [6.07, 6.45) is 0.895. The predicted molar refractivity (Wildman–Crippen MR) is 117 cm³/mol. The van der Waals surface area contributed by atoms with E-state index in [1.54, 1.807) is 0 Å². The zero-order chi connectivity index (χ0) is 20.1. The fourth-order valence-corrected chi connectivity index (χ4v) is 3.52. The Balaban J connectivity index is 1.44. The molecule has 4 aromatic rings. The number of ether oxygens (including phenoxy) is 2. The molecule has 0 spiro atoms. The third kappa shape index (κ3) is 4.60. The van der Waals surface area contributed by atoms with Crippen LogP contribution in [-0.4, -0.2) is 16.2 Å². The van der Waals surface area contributed by atoms with Crippen LogP contribution in [0.2, 0.25) is 0 Å². The van der Waals surface area contributed by atoms with Gasteiger partial charge in [-0.25, -0.2) is 4.98 Å². The number of aryl methyl sites for hydroxylation is 3. The molecule has 0 bridgehead atoms. The molecular formula is C25H26N2O2. The number of hydrogen-bond acceptors (Lipinski definition) is 3. The molecule has 0 aliphatic heterocycles. The molecule has 0 unspecified atom stereocenters. The van der Waals surface area contributed by atoms with E-state index in [2.05, 4.69) is 48.7 Å². The lowest BCUT2D eigenvalue weighted by atomic mass is 10.1. The second-order valence-corrected chi connectivity index (χ2v) is 7.24. The molecule has 4 nitrogen and oxygen atoms in total. The summed E-state index contributed by atoms with van der Waals surface area (Å²) >= 11 is 0. The zero-order valence-electron chi connectivity index (χ0n) is 17.0. The van der Waals surface area contributed by atoms with E-state index < -0.39 is 0 Å². The van der Waals surface area contributed by atoms with E-state index in [0.717, 1.165) is 41.3 Å². The van der Waals surface area contributed by atoms with Crippen LogP contribution in [0.5, 0.6) is 11.5 Å². The maximum atomic E-state index is 6.01. The molecule has 0 radical (unpaired) electrons. The smallest absolute Gasteiger partial charge is 0.147 e. The minimum Gasteiger partial charge on any atom is -0.493 e. The first kappa shape index (κ1) is 19.1. The normalized spacial score (nSPS) is 11.0. The molecule has 0 atom stereocenters. The van der Waals surface area contributed by atoms with Crippen LogP contribution in [0.4, 0.5) is 0 Å². The van der Waals surface area contributed by atoms with Crippen molar-refractivity contribution in [1.82, 2.24) is 9.55 Å². The number of rotatable bonds is 8. The molecule has 0 aliphatic carbocycles. The second kappa shape index (κ2) is 8.82. The first-order valence-corrected chi connectivity index (χ1v) is 10.0. The molecule has 4 heteroatoms. The van der Waals surface area contributed by atoms with Crippen molar-refractivity contribution in [2.75, 3.05) is 6.61 Å².